The summed E-state index contributed by atoms with van der Waals surface area (Å²) < 4.78 is 0. The van der Waals surface area contributed by atoms with Gasteiger partial charge in [-0.05, 0) is 17.7 Å². The van der Waals surface area contributed by atoms with E-state index >= 15 is 0 Å². The number of aromatic amines is 1. The molecule has 0 aliphatic heterocycles. The van der Waals surface area contributed by atoms with Gasteiger partial charge in [-0.25, -0.2) is 0 Å². The summed E-state index contributed by atoms with van der Waals surface area (Å²) in [5, 5.41) is 0.729. The van der Waals surface area contributed by atoms with Crippen LogP contribution in [0.5, 0.6) is 0 Å². The van der Waals surface area contributed by atoms with Crippen molar-refractivity contribution in [2.75, 3.05) is 0 Å². The third-order valence-corrected chi connectivity index (χ3v) is 2.82. The van der Waals surface area contributed by atoms with E-state index in [1.165, 1.54) is 0 Å². The van der Waals surface area contributed by atoms with Crippen LogP contribution in [0.4, 0.5) is 0 Å². The first-order chi connectivity index (χ1) is 10.8. The Morgan fingerprint density at radius 1 is 0.955 bits per heavy atom. The molecule has 0 spiro atoms. The van der Waals surface area contributed by atoms with Crippen molar-refractivity contribution in [3.63, 3.8) is 0 Å². The molecule has 0 bridgehead atoms. The van der Waals surface area contributed by atoms with Crippen LogP contribution in [0.25, 0.3) is 22.2 Å². The molecule has 1 heterocycles. The van der Waals surface area contributed by atoms with Crippen LogP contribution in [0, 0.1) is 0 Å². The van der Waals surface area contributed by atoms with Crippen LogP contribution in [-0.4, -0.2) is 18.4 Å². The number of pyridine rings is 1. The Hall–Kier alpha value is -2.42. The zero-order valence-corrected chi connectivity index (χ0v) is 13.5. The molecule has 0 atom stereocenters. The van der Waals surface area contributed by atoms with Gasteiger partial charge in [0.2, 0.25) is 0 Å². The number of nitrogens with one attached hydrogen (secondary N) is 1. The smallest absolute Gasteiger partial charge is 0.190 e. The minimum Gasteiger partial charge on any atom is -0.354 e. The topological polar surface area (TPSA) is 32.9 Å². The van der Waals surface area contributed by atoms with E-state index in [1.807, 2.05) is 75.3 Å². The Balaban J connectivity index is 0.000000435. The Bertz CT molecular complexity index is 763. The van der Waals surface area contributed by atoms with E-state index in [9.17, 15) is 4.79 Å². The number of benzene rings is 2. The molecule has 0 aliphatic carbocycles. The van der Waals surface area contributed by atoms with E-state index < -0.39 is 0 Å². The van der Waals surface area contributed by atoms with Crippen LogP contribution in [0.15, 0.2) is 65.5 Å². The normalized spacial score (nSPS) is 8.86. The zero-order valence-electron chi connectivity index (χ0n) is 13.5. The van der Waals surface area contributed by atoms with Gasteiger partial charge in [0, 0.05) is 22.7 Å². The minimum atomic E-state index is 0.0539. The summed E-state index contributed by atoms with van der Waals surface area (Å²) in [5.74, 6) is 0. The largest absolute Gasteiger partial charge is 0.354 e. The van der Waals surface area contributed by atoms with Crippen molar-refractivity contribution in [2.24, 2.45) is 0 Å². The van der Waals surface area contributed by atoms with Crippen molar-refractivity contribution >= 4 is 24.3 Å². The minimum absolute atomic E-state index is 0.0539. The fraction of sp³-hybridized carbons (Fsp3) is 0.158. The monoisotopic (exact) mass is 291 g/mol. The molecule has 0 radical (unpaired) electrons. The molecule has 3 rings (SSSR count). The summed E-state index contributed by atoms with van der Waals surface area (Å²) in [6, 6.07) is 19.1. The van der Waals surface area contributed by atoms with Gasteiger partial charge < -0.3 is 4.98 Å². The molecule has 2 nitrogen and oxygen atoms in total. The Morgan fingerprint density at radius 2 is 1.50 bits per heavy atom. The molecule has 3 aromatic rings. The van der Waals surface area contributed by atoms with Gasteiger partial charge in [-0.15, -0.1) is 0 Å². The number of hydrogen-bond acceptors (Lipinski definition) is 1. The van der Waals surface area contributed by atoms with Crippen molar-refractivity contribution in [2.45, 2.75) is 20.7 Å². The second-order valence-electron chi connectivity index (χ2n) is 4.37. The second-order valence-corrected chi connectivity index (χ2v) is 4.37. The first-order valence-electron chi connectivity index (χ1n) is 7.51. The van der Waals surface area contributed by atoms with Gasteiger partial charge in [0.15, 0.2) is 5.43 Å². The van der Waals surface area contributed by atoms with Crippen LogP contribution < -0.4 is 5.43 Å². The quantitative estimate of drug-likeness (QED) is 0.663. The summed E-state index contributed by atoms with van der Waals surface area (Å²) in [7, 11) is 0. The summed E-state index contributed by atoms with van der Waals surface area (Å²) in [6.07, 6.45) is 0. The van der Waals surface area contributed by atoms with Gasteiger partial charge in [-0.3, -0.25) is 4.79 Å². The molecule has 0 aliphatic rings. The summed E-state index contributed by atoms with van der Waals surface area (Å²) in [4.78, 5) is 15.2. The van der Waals surface area contributed by atoms with Crippen molar-refractivity contribution in [1.82, 2.24) is 4.98 Å². The van der Waals surface area contributed by atoms with Gasteiger partial charge in [0.25, 0.3) is 0 Å². The Morgan fingerprint density at radius 3 is 2.14 bits per heavy atom. The number of hydrogen-bond donors (Lipinski definition) is 1. The van der Waals surface area contributed by atoms with Crippen LogP contribution >= 0.6 is 0 Å². The number of H-pyrrole nitrogens is 1. The third kappa shape index (κ3) is 4.56. The molecule has 0 fully saturated rings. The Labute approximate surface area is 132 Å². The SMILES string of the molecule is C=BC.CC.O=c1cc(-c2ccccc2)[nH]c2ccccc12. The van der Waals surface area contributed by atoms with E-state index in [4.69, 9.17) is 0 Å². The van der Waals surface area contributed by atoms with E-state index in [-0.39, 0.29) is 5.43 Å². The van der Waals surface area contributed by atoms with Crippen molar-refractivity contribution < 1.29 is 0 Å². The van der Waals surface area contributed by atoms with Crippen LogP contribution in [-0.2, 0) is 0 Å². The molecule has 2 aromatic carbocycles. The first-order valence-corrected chi connectivity index (χ1v) is 7.51. The fourth-order valence-electron chi connectivity index (χ4n) is 1.97. The third-order valence-electron chi connectivity index (χ3n) is 2.82. The predicted octanol–water partition coefficient (Wildman–Crippen LogP) is 4.39. The molecule has 1 aromatic heterocycles. The standard InChI is InChI=1S/C15H11NO.C2H5B.C2H6/c17-15-10-14(11-6-2-1-3-7-11)16-13-9-5-4-8-12(13)15;1-3-2;1-2/h1-10H,(H,16,17);1H2,2H3;1-2H3. The molecule has 112 valence electrons. The maximum Gasteiger partial charge on any atom is 0.190 e. The maximum atomic E-state index is 12.0. The van der Waals surface area contributed by atoms with Gasteiger partial charge >= 0.3 is 20.2 Å². The van der Waals surface area contributed by atoms with Gasteiger partial charge in [0.05, 0.1) is 0 Å². The van der Waals surface area contributed by atoms with E-state index in [0.717, 1.165) is 22.2 Å². The number of fused-ring (bicyclic) bond motifs is 1. The van der Waals surface area contributed by atoms with Gasteiger partial charge in [-0.2, -0.15) is 0 Å². The molecular weight excluding hydrogens is 269 g/mol. The Kier molecular flexibility index (Phi) is 7.62. The molecule has 0 amide bonds. The molecule has 0 saturated carbocycles. The van der Waals surface area contributed by atoms with Crippen LogP contribution in [0.3, 0.4) is 0 Å². The average Bonchev–Trinajstić information content (AvgIpc) is 2.58. The van der Waals surface area contributed by atoms with Crippen molar-refractivity contribution in [3.8, 4) is 11.3 Å². The molecule has 22 heavy (non-hydrogen) atoms. The molecule has 0 saturated heterocycles. The average molecular weight is 291 g/mol. The summed E-state index contributed by atoms with van der Waals surface area (Å²) >= 11 is 0. The van der Waals surface area contributed by atoms with E-state index in [2.05, 4.69) is 11.5 Å². The number of para-hydroxylation sites is 1. The molecular formula is C19H22BNO. The van der Waals surface area contributed by atoms with Crippen molar-refractivity contribution in [1.29, 1.82) is 0 Å². The second kappa shape index (κ2) is 9.51. The predicted molar refractivity (Wildman–Crippen MR) is 100 cm³/mol. The molecule has 1 N–H and O–H groups in total. The first kappa shape index (κ1) is 17.6. The molecule has 0 unspecified atom stereocenters. The van der Waals surface area contributed by atoms with E-state index in [1.54, 1.807) is 13.0 Å². The van der Waals surface area contributed by atoms with E-state index in [0.29, 0.717) is 0 Å². The zero-order chi connectivity index (χ0) is 16.4. The van der Waals surface area contributed by atoms with Gasteiger partial charge in [0.1, 0.15) is 0 Å². The van der Waals surface area contributed by atoms with Crippen LogP contribution in [0.1, 0.15) is 13.8 Å². The summed E-state index contributed by atoms with van der Waals surface area (Å²) in [5.41, 5.74) is 2.81. The van der Waals surface area contributed by atoms with Gasteiger partial charge in [-0.1, -0.05) is 56.3 Å². The van der Waals surface area contributed by atoms with Crippen molar-refractivity contribution in [3.05, 3.63) is 70.9 Å². The fourth-order valence-corrected chi connectivity index (χ4v) is 1.97. The summed E-state index contributed by atoms with van der Waals surface area (Å²) in [6.45, 7) is 11.0. The number of rotatable bonds is 1. The molecule has 3 heteroatoms. The van der Waals surface area contributed by atoms with Crippen LogP contribution in [0.2, 0.25) is 6.82 Å². The number of aromatic nitrogens is 1. The maximum absolute atomic E-state index is 12.0.